The third-order valence-corrected chi connectivity index (χ3v) is 1.46. The lowest BCUT2D eigenvalue weighted by molar-refractivity contribution is 0.0485. The van der Waals surface area contributed by atoms with Crippen molar-refractivity contribution < 1.29 is 22.9 Å². The van der Waals surface area contributed by atoms with Crippen LogP contribution < -0.4 is 0 Å². The summed E-state index contributed by atoms with van der Waals surface area (Å²) in [6.45, 7) is 3.96. The molecule has 0 aliphatic carbocycles. The van der Waals surface area contributed by atoms with Crippen LogP contribution in [0.1, 0.15) is 6.92 Å². The average molecular weight is 170 g/mol. The molecule has 2 unspecified atom stereocenters. The highest BCUT2D eigenvalue weighted by Gasteiger charge is 2.23. The first-order valence-electron chi connectivity index (χ1n) is 2.42. The van der Waals surface area contributed by atoms with Crippen LogP contribution in [0, 0.1) is 0 Å². The smallest absolute Gasteiger partial charge is 0.413 e. The first-order valence-corrected chi connectivity index (χ1v) is 3.92. The largest absolute Gasteiger partial charge is 0.529 e. The van der Waals surface area contributed by atoms with Crippen molar-refractivity contribution >= 4 is 7.82 Å². The zero-order chi connectivity index (χ0) is 8.20. The number of alkyl halides is 1. The van der Waals surface area contributed by atoms with Crippen LogP contribution in [0.4, 0.5) is 4.39 Å². The van der Waals surface area contributed by atoms with Gasteiger partial charge >= 0.3 is 7.82 Å². The minimum Gasteiger partial charge on any atom is -0.413 e. The van der Waals surface area contributed by atoms with Gasteiger partial charge in [-0.3, -0.25) is 4.89 Å². The molecule has 0 aromatic rings. The van der Waals surface area contributed by atoms with Gasteiger partial charge in [-0.05, 0) is 6.92 Å². The molecule has 0 bridgehead atoms. The van der Waals surface area contributed by atoms with E-state index in [0.29, 0.717) is 6.26 Å². The normalized spacial score (nSPS) is 19.1. The van der Waals surface area contributed by atoms with Crippen molar-refractivity contribution in [2.75, 3.05) is 0 Å². The van der Waals surface area contributed by atoms with Gasteiger partial charge in [-0.25, -0.2) is 13.5 Å². The zero-order valence-electron chi connectivity index (χ0n) is 5.36. The zero-order valence-corrected chi connectivity index (χ0v) is 6.25. The molecule has 60 valence electrons. The highest BCUT2D eigenvalue weighted by Crippen LogP contribution is 2.44. The van der Waals surface area contributed by atoms with Crippen molar-refractivity contribution in [3.63, 3.8) is 0 Å². The van der Waals surface area contributed by atoms with Crippen LogP contribution in [0.3, 0.4) is 0 Å². The molecule has 0 amide bonds. The molecule has 0 radical (unpaired) electrons. The van der Waals surface area contributed by atoms with Gasteiger partial charge in [-0.1, -0.05) is 6.58 Å². The van der Waals surface area contributed by atoms with E-state index >= 15 is 0 Å². The fourth-order valence-corrected chi connectivity index (χ4v) is 0.908. The molecule has 4 nitrogen and oxygen atoms in total. The summed E-state index contributed by atoms with van der Waals surface area (Å²) in [4.78, 5) is 8.48. The Hall–Kier alpha value is -0.380. The van der Waals surface area contributed by atoms with E-state index < -0.39 is 14.2 Å². The van der Waals surface area contributed by atoms with Crippen LogP contribution >= 0.6 is 7.82 Å². The third kappa shape index (κ3) is 4.49. The van der Waals surface area contributed by atoms with Crippen molar-refractivity contribution in [3.8, 4) is 0 Å². The number of rotatable bonds is 4. The van der Waals surface area contributed by atoms with E-state index in [-0.39, 0.29) is 0 Å². The van der Waals surface area contributed by atoms with E-state index in [9.17, 15) is 8.96 Å². The Morgan fingerprint density at radius 2 is 2.40 bits per heavy atom. The number of phosphoric ester groups is 1. The second-order valence-corrected chi connectivity index (χ2v) is 2.75. The maximum Gasteiger partial charge on any atom is 0.529 e. The SMILES string of the molecule is C=COP(=O)(O)OC(C)F. The molecule has 0 rings (SSSR count). The van der Waals surface area contributed by atoms with Crippen LogP contribution in [0.5, 0.6) is 0 Å². The van der Waals surface area contributed by atoms with E-state index in [1.165, 1.54) is 0 Å². The Kier molecular flexibility index (Phi) is 3.57. The molecule has 0 saturated heterocycles. The van der Waals surface area contributed by atoms with Crippen LogP contribution in [0.15, 0.2) is 12.8 Å². The highest BCUT2D eigenvalue weighted by molar-refractivity contribution is 7.47. The topological polar surface area (TPSA) is 55.8 Å². The summed E-state index contributed by atoms with van der Waals surface area (Å²) < 4.78 is 30.1. The van der Waals surface area contributed by atoms with E-state index in [1.54, 1.807) is 0 Å². The fraction of sp³-hybridized carbons (Fsp3) is 0.500. The molecule has 0 heterocycles. The molecule has 0 aliphatic rings. The van der Waals surface area contributed by atoms with Crippen molar-refractivity contribution in [3.05, 3.63) is 12.8 Å². The van der Waals surface area contributed by atoms with Crippen molar-refractivity contribution in [2.45, 2.75) is 13.3 Å². The highest BCUT2D eigenvalue weighted by atomic mass is 31.2. The Morgan fingerprint density at radius 1 is 1.90 bits per heavy atom. The molecule has 2 atom stereocenters. The molecule has 10 heavy (non-hydrogen) atoms. The van der Waals surface area contributed by atoms with Gasteiger partial charge in [0.25, 0.3) is 0 Å². The number of phosphoric acid groups is 1. The molecule has 0 aromatic carbocycles. The van der Waals surface area contributed by atoms with Gasteiger partial charge < -0.3 is 4.52 Å². The summed E-state index contributed by atoms with van der Waals surface area (Å²) in [6.07, 6.45) is -1.13. The molecule has 0 spiro atoms. The lowest BCUT2D eigenvalue weighted by atomic mass is 10.8. The molecular weight excluding hydrogens is 162 g/mol. The van der Waals surface area contributed by atoms with Crippen molar-refractivity contribution in [2.24, 2.45) is 0 Å². The lowest BCUT2D eigenvalue weighted by Crippen LogP contribution is -1.98. The molecule has 6 heteroatoms. The first kappa shape index (κ1) is 9.62. The lowest BCUT2D eigenvalue weighted by Gasteiger charge is -2.09. The minimum absolute atomic E-state index is 0.711. The summed E-state index contributed by atoms with van der Waals surface area (Å²) in [5, 5.41) is 0. The van der Waals surface area contributed by atoms with E-state index in [4.69, 9.17) is 4.89 Å². The monoisotopic (exact) mass is 170 g/mol. The molecule has 0 saturated carbocycles. The van der Waals surface area contributed by atoms with Crippen LogP contribution in [0.2, 0.25) is 0 Å². The predicted octanol–water partition coefficient (Wildman–Crippen LogP) is 1.58. The maximum atomic E-state index is 11.9. The van der Waals surface area contributed by atoms with Gasteiger partial charge in [0.15, 0.2) is 0 Å². The second kappa shape index (κ2) is 3.71. The molecule has 0 aromatic heterocycles. The van der Waals surface area contributed by atoms with Crippen molar-refractivity contribution in [1.82, 2.24) is 0 Å². The van der Waals surface area contributed by atoms with Crippen molar-refractivity contribution in [1.29, 1.82) is 0 Å². The summed E-state index contributed by atoms with van der Waals surface area (Å²) in [6, 6.07) is 0. The quantitative estimate of drug-likeness (QED) is 0.514. The number of hydrogen-bond acceptors (Lipinski definition) is 3. The first-order chi connectivity index (χ1) is 4.48. The standard InChI is InChI=1S/C4H8FO4P/c1-3-8-10(6,7)9-4(2)5/h3-4H,1H2,2H3,(H,6,7). The number of halogens is 1. The Labute approximate surface area is 57.9 Å². The van der Waals surface area contributed by atoms with E-state index in [0.717, 1.165) is 6.92 Å². The summed E-state index contributed by atoms with van der Waals surface area (Å²) in [7, 11) is -4.24. The van der Waals surface area contributed by atoms with Gasteiger partial charge in [0, 0.05) is 0 Å². The van der Waals surface area contributed by atoms with Gasteiger partial charge in [-0.2, -0.15) is 0 Å². The summed E-state index contributed by atoms with van der Waals surface area (Å²) >= 11 is 0. The molecule has 1 N–H and O–H groups in total. The van der Waals surface area contributed by atoms with Gasteiger partial charge in [0.1, 0.15) is 0 Å². The predicted molar refractivity (Wildman–Crippen MR) is 32.8 cm³/mol. The van der Waals surface area contributed by atoms with Gasteiger partial charge in [-0.15, -0.1) is 0 Å². The summed E-state index contributed by atoms with van der Waals surface area (Å²) in [5.41, 5.74) is 0. The fourth-order valence-electron chi connectivity index (χ4n) is 0.303. The third-order valence-electron chi connectivity index (χ3n) is 0.486. The average Bonchev–Trinajstić information content (AvgIpc) is 1.59. The Bertz CT molecular complexity index is 157. The molecule has 0 fully saturated rings. The Balaban J connectivity index is 3.87. The van der Waals surface area contributed by atoms with E-state index in [1.807, 2.05) is 0 Å². The summed E-state index contributed by atoms with van der Waals surface area (Å²) in [5.74, 6) is 0. The number of hydrogen-bond donors (Lipinski definition) is 1. The van der Waals surface area contributed by atoms with Crippen LogP contribution in [-0.2, 0) is 13.6 Å². The van der Waals surface area contributed by atoms with Gasteiger partial charge in [0.2, 0.25) is 6.36 Å². The van der Waals surface area contributed by atoms with Crippen LogP contribution in [0.25, 0.3) is 0 Å². The molecular formula is C4H8FO4P. The van der Waals surface area contributed by atoms with Crippen LogP contribution in [-0.4, -0.2) is 11.3 Å². The Morgan fingerprint density at radius 3 is 2.70 bits per heavy atom. The van der Waals surface area contributed by atoms with Gasteiger partial charge in [0.05, 0.1) is 6.26 Å². The second-order valence-electron chi connectivity index (χ2n) is 1.39. The maximum absolute atomic E-state index is 11.9. The molecule has 0 aliphatic heterocycles. The minimum atomic E-state index is -4.24. The van der Waals surface area contributed by atoms with E-state index in [2.05, 4.69) is 15.6 Å².